The molecule has 3 nitrogen and oxygen atoms in total. The number of hydrogen-bond donors (Lipinski definition) is 0. The van der Waals surface area contributed by atoms with Crippen LogP contribution < -0.4 is 0 Å². The Bertz CT molecular complexity index is 248. The van der Waals surface area contributed by atoms with Crippen LogP contribution in [0.15, 0.2) is 14.8 Å². The largest absolute Gasteiger partial charge is 0.285 e. The lowest BCUT2D eigenvalue weighted by atomic mass is 10.3. The molecule has 1 amide bonds. The molecule has 0 aliphatic heterocycles. The SMILES string of the molecule is CSC(SC)=C(C)C(=O)N=C=O. The van der Waals surface area contributed by atoms with Crippen molar-refractivity contribution in [2.45, 2.75) is 6.92 Å². The van der Waals surface area contributed by atoms with Gasteiger partial charge in [0.1, 0.15) is 0 Å². The van der Waals surface area contributed by atoms with E-state index in [2.05, 4.69) is 4.99 Å². The number of nitrogens with zero attached hydrogens (tertiary/aromatic N) is 1. The molecular formula is C7H9NO2S2. The summed E-state index contributed by atoms with van der Waals surface area (Å²) in [6, 6.07) is 0. The number of isocyanates is 1. The molecular weight excluding hydrogens is 194 g/mol. The summed E-state index contributed by atoms with van der Waals surface area (Å²) < 4.78 is 0.874. The molecule has 0 aliphatic carbocycles. The summed E-state index contributed by atoms with van der Waals surface area (Å²) in [7, 11) is 0. The van der Waals surface area contributed by atoms with Crippen LogP contribution in [0.3, 0.4) is 0 Å². The molecule has 0 aromatic rings. The molecule has 0 rings (SSSR count). The second-order valence-corrected chi connectivity index (χ2v) is 3.72. The number of aliphatic imine (C=N–C) groups is 1. The molecule has 12 heavy (non-hydrogen) atoms. The molecule has 0 fully saturated rings. The molecule has 0 heterocycles. The average molecular weight is 203 g/mol. The van der Waals surface area contributed by atoms with Crippen LogP contribution in [0.25, 0.3) is 0 Å². The van der Waals surface area contributed by atoms with Crippen molar-refractivity contribution < 1.29 is 9.59 Å². The standard InChI is InChI=1S/C7H9NO2S2/c1-5(6(10)8-4-9)7(11-2)12-3/h1-3H3. The Morgan fingerprint density at radius 2 is 1.83 bits per heavy atom. The first-order valence-corrected chi connectivity index (χ1v) is 5.53. The smallest absolute Gasteiger partial charge is 0.266 e. The van der Waals surface area contributed by atoms with Crippen molar-refractivity contribution >= 4 is 35.5 Å². The van der Waals surface area contributed by atoms with Crippen molar-refractivity contribution in [1.29, 1.82) is 0 Å². The molecule has 5 heteroatoms. The van der Waals surface area contributed by atoms with E-state index < -0.39 is 5.91 Å². The summed E-state index contributed by atoms with van der Waals surface area (Å²) in [6.07, 6.45) is 4.96. The molecule has 0 atom stereocenters. The van der Waals surface area contributed by atoms with Crippen LogP contribution in [0.4, 0.5) is 0 Å². The van der Waals surface area contributed by atoms with Crippen LogP contribution >= 0.6 is 23.5 Å². The Morgan fingerprint density at radius 3 is 2.17 bits per heavy atom. The maximum Gasteiger partial charge on any atom is 0.285 e. The lowest BCUT2D eigenvalue weighted by Gasteiger charge is -2.01. The average Bonchev–Trinajstić information content (AvgIpc) is 2.07. The van der Waals surface area contributed by atoms with Gasteiger partial charge < -0.3 is 0 Å². The van der Waals surface area contributed by atoms with Gasteiger partial charge in [-0.2, -0.15) is 0 Å². The minimum atomic E-state index is -0.510. The highest BCUT2D eigenvalue weighted by molar-refractivity contribution is 8.21. The number of carbonyl (C=O) groups excluding carboxylic acids is 2. The number of rotatable bonds is 3. The van der Waals surface area contributed by atoms with Crippen LogP contribution in [0, 0.1) is 0 Å². The summed E-state index contributed by atoms with van der Waals surface area (Å²) in [5.74, 6) is -0.510. The maximum atomic E-state index is 11.0. The highest BCUT2D eigenvalue weighted by Gasteiger charge is 2.07. The van der Waals surface area contributed by atoms with E-state index in [1.165, 1.54) is 29.6 Å². The second kappa shape index (κ2) is 6.06. The van der Waals surface area contributed by atoms with Gasteiger partial charge in [-0.15, -0.1) is 28.5 Å². The highest BCUT2D eigenvalue weighted by Crippen LogP contribution is 2.27. The van der Waals surface area contributed by atoms with Gasteiger partial charge in [-0.05, 0) is 19.4 Å². The van der Waals surface area contributed by atoms with Crippen LogP contribution in [-0.2, 0) is 9.59 Å². The van der Waals surface area contributed by atoms with E-state index in [0.717, 1.165) is 4.24 Å². The summed E-state index contributed by atoms with van der Waals surface area (Å²) >= 11 is 2.93. The van der Waals surface area contributed by atoms with Crippen molar-refractivity contribution in [2.75, 3.05) is 12.5 Å². The third-order valence-corrected chi connectivity index (χ3v) is 3.50. The van der Waals surface area contributed by atoms with Crippen molar-refractivity contribution in [2.24, 2.45) is 4.99 Å². The van der Waals surface area contributed by atoms with Crippen molar-refractivity contribution in [3.8, 4) is 0 Å². The minimum absolute atomic E-state index is 0.498. The topological polar surface area (TPSA) is 46.5 Å². The van der Waals surface area contributed by atoms with Crippen LogP contribution in [0.1, 0.15) is 6.92 Å². The van der Waals surface area contributed by atoms with Gasteiger partial charge in [0, 0.05) is 9.81 Å². The monoisotopic (exact) mass is 203 g/mol. The third-order valence-electron chi connectivity index (χ3n) is 1.14. The maximum absolute atomic E-state index is 11.0. The van der Waals surface area contributed by atoms with E-state index in [1.54, 1.807) is 6.92 Å². The third kappa shape index (κ3) is 3.26. The summed E-state index contributed by atoms with van der Waals surface area (Å²) in [6.45, 7) is 1.64. The van der Waals surface area contributed by atoms with Crippen molar-refractivity contribution in [3.05, 3.63) is 9.81 Å². The predicted octanol–water partition coefficient (Wildman–Crippen LogP) is 1.81. The summed E-state index contributed by atoms with van der Waals surface area (Å²) in [4.78, 5) is 23.8. The van der Waals surface area contributed by atoms with E-state index >= 15 is 0 Å². The van der Waals surface area contributed by atoms with Gasteiger partial charge in [0.15, 0.2) is 0 Å². The van der Waals surface area contributed by atoms with Crippen LogP contribution in [0.2, 0.25) is 0 Å². The fourth-order valence-corrected chi connectivity index (χ4v) is 2.06. The Morgan fingerprint density at radius 1 is 1.33 bits per heavy atom. The van der Waals surface area contributed by atoms with E-state index in [4.69, 9.17) is 0 Å². The molecule has 0 saturated carbocycles. The second-order valence-electron chi connectivity index (χ2n) is 1.83. The van der Waals surface area contributed by atoms with E-state index in [9.17, 15) is 9.59 Å². The molecule has 0 aromatic heterocycles. The molecule has 0 radical (unpaired) electrons. The lowest BCUT2D eigenvalue weighted by Crippen LogP contribution is -1.95. The molecule has 0 aliphatic rings. The Kier molecular flexibility index (Phi) is 5.80. The molecule has 0 saturated heterocycles. The Hall–Kier alpha value is -0.510. The molecule has 0 unspecified atom stereocenters. The van der Waals surface area contributed by atoms with Gasteiger partial charge in [-0.25, -0.2) is 4.79 Å². The summed E-state index contributed by atoms with van der Waals surface area (Å²) in [5.41, 5.74) is 0.498. The highest BCUT2D eigenvalue weighted by atomic mass is 32.2. The van der Waals surface area contributed by atoms with Gasteiger partial charge >= 0.3 is 0 Å². The minimum Gasteiger partial charge on any atom is -0.266 e. The lowest BCUT2D eigenvalue weighted by molar-refractivity contribution is -0.114. The van der Waals surface area contributed by atoms with E-state index in [-0.39, 0.29) is 0 Å². The van der Waals surface area contributed by atoms with Crippen LogP contribution in [0.5, 0.6) is 0 Å². The zero-order valence-corrected chi connectivity index (χ0v) is 8.71. The first kappa shape index (κ1) is 11.5. The van der Waals surface area contributed by atoms with Gasteiger partial charge in [-0.1, -0.05) is 0 Å². The molecule has 0 spiro atoms. The molecule has 0 aromatic carbocycles. The zero-order chi connectivity index (χ0) is 9.56. The predicted molar refractivity (Wildman–Crippen MR) is 52.9 cm³/mol. The molecule has 0 N–H and O–H groups in total. The van der Waals surface area contributed by atoms with Gasteiger partial charge in [0.25, 0.3) is 5.91 Å². The van der Waals surface area contributed by atoms with Crippen LogP contribution in [-0.4, -0.2) is 24.5 Å². The molecule has 0 bridgehead atoms. The fourth-order valence-electron chi connectivity index (χ4n) is 0.602. The fraction of sp³-hybridized carbons (Fsp3) is 0.429. The van der Waals surface area contributed by atoms with E-state index in [1.807, 2.05) is 12.5 Å². The first-order chi connectivity index (χ1) is 5.67. The normalized spacial score (nSPS) is 8.58. The summed E-state index contributed by atoms with van der Waals surface area (Å²) in [5, 5.41) is 0. The van der Waals surface area contributed by atoms with Crippen molar-refractivity contribution in [1.82, 2.24) is 0 Å². The van der Waals surface area contributed by atoms with Gasteiger partial charge in [-0.3, -0.25) is 4.79 Å². The van der Waals surface area contributed by atoms with Crippen molar-refractivity contribution in [3.63, 3.8) is 0 Å². The van der Waals surface area contributed by atoms with Gasteiger partial charge in [0.05, 0.1) is 0 Å². The van der Waals surface area contributed by atoms with Gasteiger partial charge in [0.2, 0.25) is 6.08 Å². The Labute approximate surface area is 79.7 Å². The first-order valence-electron chi connectivity index (χ1n) is 3.08. The number of carbonyl (C=O) groups is 1. The number of amides is 1. The molecule has 66 valence electrons. The Balaban J connectivity index is 4.73. The number of thioether (sulfide) groups is 2. The number of hydrogen-bond acceptors (Lipinski definition) is 4. The quantitative estimate of drug-likeness (QED) is 0.398. The van der Waals surface area contributed by atoms with E-state index in [0.29, 0.717) is 5.57 Å². The zero-order valence-electron chi connectivity index (χ0n) is 7.08.